The van der Waals surface area contributed by atoms with Crippen molar-refractivity contribution in [3.8, 4) is 11.5 Å². The first kappa shape index (κ1) is 19.5. The molecule has 0 unspecified atom stereocenters. The number of ketones is 1. The van der Waals surface area contributed by atoms with Crippen LogP contribution in [0.4, 0.5) is 5.69 Å². The highest BCUT2D eigenvalue weighted by molar-refractivity contribution is 6.02. The van der Waals surface area contributed by atoms with E-state index in [4.69, 9.17) is 14.2 Å². The van der Waals surface area contributed by atoms with Crippen LogP contribution >= 0.6 is 0 Å². The van der Waals surface area contributed by atoms with Gasteiger partial charge in [0.05, 0.1) is 0 Å². The van der Waals surface area contributed by atoms with E-state index in [1.807, 2.05) is 0 Å². The van der Waals surface area contributed by atoms with Crippen molar-refractivity contribution in [2.75, 3.05) is 18.5 Å². The van der Waals surface area contributed by atoms with Crippen LogP contribution in [0, 0.1) is 13.8 Å². The number of hydrogen-bond donors (Lipinski definition) is 2. The van der Waals surface area contributed by atoms with Crippen LogP contribution < -0.4 is 14.8 Å². The van der Waals surface area contributed by atoms with E-state index >= 15 is 0 Å². The monoisotopic (exact) mass is 386 g/mol. The van der Waals surface area contributed by atoms with Gasteiger partial charge >= 0.3 is 5.97 Å². The van der Waals surface area contributed by atoms with E-state index in [0.717, 1.165) is 0 Å². The number of aromatic amines is 1. The molecule has 1 aliphatic rings. The smallest absolute Gasteiger partial charge is 0.355 e. The van der Waals surface area contributed by atoms with E-state index in [-0.39, 0.29) is 11.5 Å². The molecule has 1 atom stereocenters. The lowest BCUT2D eigenvalue weighted by Crippen LogP contribution is -2.30. The number of nitrogens with one attached hydrogen (secondary N) is 2. The molecule has 1 aromatic carbocycles. The maximum Gasteiger partial charge on any atom is 0.355 e. The standard InChI is InChI=1S/C20H22N2O6/c1-10-17(12(3)23)11(2)21-18(10)20(25)28-13(4)19(24)22-14-5-6-15-16(9-14)27-8-7-26-15/h5-6,9,13,21H,7-8H2,1-4H3,(H,22,24)/t13-/m1/s1. The van der Waals surface area contributed by atoms with Crippen molar-refractivity contribution >= 4 is 23.3 Å². The van der Waals surface area contributed by atoms with Gasteiger partial charge in [-0.3, -0.25) is 9.59 Å². The molecule has 0 fully saturated rings. The third kappa shape index (κ3) is 3.85. The third-order valence-corrected chi connectivity index (χ3v) is 4.46. The number of anilines is 1. The largest absolute Gasteiger partial charge is 0.486 e. The summed E-state index contributed by atoms with van der Waals surface area (Å²) in [5.74, 6) is -0.170. The number of Topliss-reactive ketones (excluding diaryl/α,β-unsaturated/α-hetero) is 1. The van der Waals surface area contributed by atoms with Crippen LogP contribution in [0.2, 0.25) is 0 Å². The van der Waals surface area contributed by atoms with Crippen LogP contribution in [0.3, 0.4) is 0 Å². The maximum atomic E-state index is 12.4. The number of carbonyl (C=O) groups excluding carboxylic acids is 3. The molecule has 1 aliphatic heterocycles. The van der Waals surface area contributed by atoms with Gasteiger partial charge in [-0.05, 0) is 45.4 Å². The highest BCUT2D eigenvalue weighted by Crippen LogP contribution is 2.32. The van der Waals surface area contributed by atoms with Gasteiger partial charge in [-0.2, -0.15) is 0 Å². The summed E-state index contributed by atoms with van der Waals surface area (Å²) in [5.41, 5.74) is 2.23. The molecule has 1 aromatic heterocycles. The zero-order chi connectivity index (χ0) is 20.4. The average molecular weight is 386 g/mol. The molecule has 0 aliphatic carbocycles. The number of aryl methyl sites for hydroxylation is 1. The fourth-order valence-corrected chi connectivity index (χ4v) is 3.12. The van der Waals surface area contributed by atoms with Crippen molar-refractivity contribution in [3.05, 3.63) is 40.7 Å². The molecule has 28 heavy (non-hydrogen) atoms. The molecule has 0 saturated carbocycles. The van der Waals surface area contributed by atoms with Gasteiger partial charge < -0.3 is 24.5 Å². The number of esters is 1. The van der Waals surface area contributed by atoms with Gasteiger partial charge in [-0.1, -0.05) is 0 Å². The average Bonchev–Trinajstić information content (AvgIpc) is 2.96. The Hall–Kier alpha value is -3.29. The van der Waals surface area contributed by atoms with Gasteiger partial charge in [0.2, 0.25) is 0 Å². The minimum Gasteiger partial charge on any atom is -0.486 e. The Morgan fingerprint density at radius 1 is 1.14 bits per heavy atom. The second kappa shape index (κ2) is 7.75. The minimum absolute atomic E-state index is 0.144. The van der Waals surface area contributed by atoms with Gasteiger partial charge in [0.1, 0.15) is 18.9 Å². The zero-order valence-electron chi connectivity index (χ0n) is 16.2. The molecule has 8 nitrogen and oxygen atoms in total. The summed E-state index contributed by atoms with van der Waals surface area (Å²) >= 11 is 0. The molecule has 8 heteroatoms. The molecule has 2 heterocycles. The summed E-state index contributed by atoms with van der Waals surface area (Å²) in [6.45, 7) is 7.20. The van der Waals surface area contributed by atoms with Crippen molar-refractivity contribution in [2.45, 2.75) is 33.8 Å². The van der Waals surface area contributed by atoms with E-state index in [1.54, 1.807) is 32.0 Å². The highest BCUT2D eigenvalue weighted by Gasteiger charge is 2.25. The quantitative estimate of drug-likeness (QED) is 0.604. The fraction of sp³-hybridized carbons (Fsp3) is 0.350. The number of benzene rings is 1. The van der Waals surface area contributed by atoms with Crippen LogP contribution in [0.1, 0.15) is 46.0 Å². The summed E-state index contributed by atoms with van der Waals surface area (Å²) < 4.78 is 16.2. The molecule has 0 saturated heterocycles. The normalized spacial score (nSPS) is 13.6. The number of amides is 1. The SMILES string of the molecule is CC(=O)c1c(C)[nH]c(C(=O)O[C@H](C)C(=O)Nc2ccc3c(c2)OCCO3)c1C. The molecule has 1 amide bonds. The lowest BCUT2D eigenvalue weighted by Gasteiger charge is -2.19. The topological polar surface area (TPSA) is 107 Å². The summed E-state index contributed by atoms with van der Waals surface area (Å²) in [7, 11) is 0. The Kier molecular flexibility index (Phi) is 5.39. The molecule has 2 N–H and O–H groups in total. The summed E-state index contributed by atoms with van der Waals surface area (Å²) in [4.78, 5) is 39.4. The van der Waals surface area contributed by atoms with Crippen molar-refractivity contribution in [1.82, 2.24) is 4.98 Å². The summed E-state index contributed by atoms with van der Waals surface area (Å²) in [5, 5.41) is 2.68. The Bertz CT molecular complexity index is 946. The molecule has 0 bridgehead atoms. The van der Waals surface area contributed by atoms with Crippen LogP contribution in [0.5, 0.6) is 11.5 Å². The lowest BCUT2D eigenvalue weighted by molar-refractivity contribution is -0.123. The lowest BCUT2D eigenvalue weighted by atomic mass is 10.1. The van der Waals surface area contributed by atoms with Crippen molar-refractivity contribution in [3.63, 3.8) is 0 Å². The van der Waals surface area contributed by atoms with Crippen LogP contribution in [-0.2, 0) is 9.53 Å². The van der Waals surface area contributed by atoms with Gasteiger partial charge in [0, 0.05) is 23.0 Å². The minimum atomic E-state index is -1.04. The second-order valence-electron chi connectivity index (χ2n) is 6.58. The van der Waals surface area contributed by atoms with Gasteiger partial charge in [-0.25, -0.2) is 4.79 Å². The van der Waals surface area contributed by atoms with Crippen LogP contribution in [-0.4, -0.2) is 42.0 Å². The van der Waals surface area contributed by atoms with Crippen molar-refractivity contribution < 1.29 is 28.6 Å². The third-order valence-electron chi connectivity index (χ3n) is 4.46. The summed E-state index contributed by atoms with van der Waals surface area (Å²) in [6.07, 6.45) is -1.04. The van der Waals surface area contributed by atoms with Crippen molar-refractivity contribution in [2.24, 2.45) is 0 Å². The van der Waals surface area contributed by atoms with Crippen LogP contribution in [0.25, 0.3) is 0 Å². The van der Waals surface area contributed by atoms with E-state index < -0.39 is 18.0 Å². The first-order chi connectivity index (χ1) is 13.3. The Morgan fingerprint density at radius 3 is 2.46 bits per heavy atom. The maximum absolute atomic E-state index is 12.4. The number of aromatic nitrogens is 1. The molecule has 0 radical (unpaired) electrons. The number of H-pyrrole nitrogens is 1. The van der Waals surface area contributed by atoms with E-state index in [1.165, 1.54) is 13.8 Å². The van der Waals surface area contributed by atoms with Crippen molar-refractivity contribution in [1.29, 1.82) is 0 Å². The molecular weight excluding hydrogens is 364 g/mol. The highest BCUT2D eigenvalue weighted by atomic mass is 16.6. The van der Waals surface area contributed by atoms with Gasteiger partial charge in [-0.15, -0.1) is 0 Å². The van der Waals surface area contributed by atoms with E-state index in [9.17, 15) is 14.4 Å². The number of rotatable bonds is 5. The molecule has 2 aromatic rings. The number of hydrogen-bond acceptors (Lipinski definition) is 6. The van der Waals surface area contributed by atoms with E-state index in [2.05, 4.69) is 10.3 Å². The molecular formula is C20H22N2O6. The fourth-order valence-electron chi connectivity index (χ4n) is 3.12. The number of fused-ring (bicyclic) bond motifs is 1. The number of ether oxygens (including phenoxy) is 3. The van der Waals surface area contributed by atoms with Gasteiger partial charge in [0.15, 0.2) is 23.4 Å². The Morgan fingerprint density at radius 2 is 1.82 bits per heavy atom. The van der Waals surface area contributed by atoms with E-state index in [0.29, 0.717) is 47.2 Å². The predicted molar refractivity (Wildman–Crippen MR) is 101 cm³/mol. The second-order valence-corrected chi connectivity index (χ2v) is 6.58. The van der Waals surface area contributed by atoms with Crippen LogP contribution in [0.15, 0.2) is 18.2 Å². The molecule has 0 spiro atoms. The molecule has 3 rings (SSSR count). The van der Waals surface area contributed by atoms with Gasteiger partial charge in [0.25, 0.3) is 5.91 Å². The molecule has 148 valence electrons. The first-order valence-corrected chi connectivity index (χ1v) is 8.89. The first-order valence-electron chi connectivity index (χ1n) is 8.89. The Labute approximate surface area is 162 Å². The summed E-state index contributed by atoms with van der Waals surface area (Å²) in [6, 6.07) is 5.03. The Balaban J connectivity index is 1.67. The zero-order valence-corrected chi connectivity index (χ0v) is 16.2. The number of carbonyl (C=O) groups is 3. The predicted octanol–water partition coefficient (Wildman–Crippen LogP) is 2.79.